The zero-order valence-corrected chi connectivity index (χ0v) is 13.2. The molecule has 1 amide bonds. The van der Waals surface area contributed by atoms with Crippen molar-refractivity contribution in [1.82, 2.24) is 25.5 Å². The van der Waals surface area contributed by atoms with Crippen LogP contribution >= 0.6 is 11.8 Å². The number of amides is 1. The summed E-state index contributed by atoms with van der Waals surface area (Å²) in [6, 6.07) is 8.09. The van der Waals surface area contributed by atoms with Crippen molar-refractivity contribution < 1.29 is 4.79 Å². The predicted molar refractivity (Wildman–Crippen MR) is 81.9 cm³/mol. The molecule has 0 aliphatic carbocycles. The Morgan fingerprint density at radius 3 is 2.86 bits per heavy atom. The number of nitrogens with zero attached hydrogens (tertiary/aromatic N) is 4. The molecule has 2 rings (SSSR count). The SMILES string of the molecule is Cc1ccccc1[C@@H](C)NC(=O)CCSc1nnnn1C. The molecule has 6 nitrogen and oxygen atoms in total. The highest BCUT2D eigenvalue weighted by atomic mass is 32.2. The molecule has 21 heavy (non-hydrogen) atoms. The number of aryl methyl sites for hydroxylation is 2. The standard InChI is InChI=1S/C14H19N5OS/c1-10-6-4-5-7-12(10)11(2)15-13(20)8-9-21-14-16-17-18-19(14)3/h4-7,11H,8-9H2,1-3H3,(H,15,20)/t11-/m1/s1. The summed E-state index contributed by atoms with van der Waals surface area (Å²) in [5.41, 5.74) is 2.33. The summed E-state index contributed by atoms with van der Waals surface area (Å²) in [4.78, 5) is 12.0. The van der Waals surface area contributed by atoms with Gasteiger partial charge in [0, 0.05) is 19.2 Å². The van der Waals surface area contributed by atoms with Gasteiger partial charge in [-0.25, -0.2) is 4.68 Å². The van der Waals surface area contributed by atoms with Gasteiger partial charge >= 0.3 is 0 Å². The van der Waals surface area contributed by atoms with Gasteiger partial charge < -0.3 is 5.32 Å². The molecule has 0 unspecified atom stereocenters. The van der Waals surface area contributed by atoms with Crippen molar-refractivity contribution in [3.8, 4) is 0 Å². The maximum absolute atomic E-state index is 12.0. The molecule has 1 heterocycles. The molecule has 0 fully saturated rings. The lowest BCUT2D eigenvalue weighted by molar-refractivity contribution is -0.121. The number of hydrogen-bond acceptors (Lipinski definition) is 5. The highest BCUT2D eigenvalue weighted by Crippen LogP contribution is 2.17. The van der Waals surface area contributed by atoms with Crippen LogP contribution in [-0.2, 0) is 11.8 Å². The van der Waals surface area contributed by atoms with E-state index in [0.29, 0.717) is 12.2 Å². The molecule has 7 heteroatoms. The lowest BCUT2D eigenvalue weighted by atomic mass is 10.0. The average Bonchev–Trinajstić information content (AvgIpc) is 2.85. The first-order valence-electron chi connectivity index (χ1n) is 6.78. The van der Waals surface area contributed by atoms with Crippen molar-refractivity contribution in [2.75, 3.05) is 5.75 Å². The fraction of sp³-hybridized carbons (Fsp3) is 0.429. The van der Waals surface area contributed by atoms with Gasteiger partial charge in [-0.3, -0.25) is 4.79 Å². The van der Waals surface area contributed by atoms with Gasteiger partial charge in [0.25, 0.3) is 0 Å². The van der Waals surface area contributed by atoms with Gasteiger partial charge in [-0.1, -0.05) is 36.0 Å². The van der Waals surface area contributed by atoms with Crippen molar-refractivity contribution in [2.24, 2.45) is 7.05 Å². The van der Waals surface area contributed by atoms with E-state index in [4.69, 9.17) is 0 Å². The summed E-state index contributed by atoms with van der Waals surface area (Å²) in [5, 5.41) is 14.9. The van der Waals surface area contributed by atoms with Crippen LogP contribution in [0.4, 0.5) is 0 Å². The molecule has 0 aliphatic heterocycles. The minimum Gasteiger partial charge on any atom is -0.350 e. The van der Waals surface area contributed by atoms with E-state index < -0.39 is 0 Å². The van der Waals surface area contributed by atoms with Crippen LogP contribution in [0, 0.1) is 6.92 Å². The number of nitrogens with one attached hydrogen (secondary N) is 1. The third-order valence-electron chi connectivity index (χ3n) is 3.17. The number of carbonyl (C=O) groups is 1. The van der Waals surface area contributed by atoms with E-state index in [1.807, 2.05) is 25.1 Å². The lowest BCUT2D eigenvalue weighted by Crippen LogP contribution is -2.27. The highest BCUT2D eigenvalue weighted by molar-refractivity contribution is 7.99. The summed E-state index contributed by atoms with van der Waals surface area (Å²) < 4.78 is 1.60. The fourth-order valence-electron chi connectivity index (χ4n) is 2.04. The molecule has 0 saturated heterocycles. The largest absolute Gasteiger partial charge is 0.350 e. The van der Waals surface area contributed by atoms with Gasteiger partial charge in [-0.2, -0.15) is 0 Å². The number of benzene rings is 1. The number of carbonyl (C=O) groups excluding carboxylic acids is 1. The van der Waals surface area contributed by atoms with Crippen LogP contribution < -0.4 is 5.32 Å². The van der Waals surface area contributed by atoms with Crippen LogP contribution in [0.1, 0.15) is 30.5 Å². The van der Waals surface area contributed by atoms with E-state index in [0.717, 1.165) is 10.7 Å². The second-order valence-corrected chi connectivity index (χ2v) is 5.89. The molecule has 0 saturated carbocycles. The molecule has 1 aromatic heterocycles. The quantitative estimate of drug-likeness (QED) is 0.825. The summed E-state index contributed by atoms with van der Waals surface area (Å²) in [6.45, 7) is 4.05. The molecular weight excluding hydrogens is 286 g/mol. The van der Waals surface area contributed by atoms with E-state index in [1.54, 1.807) is 11.7 Å². The monoisotopic (exact) mass is 305 g/mol. The summed E-state index contributed by atoms with van der Waals surface area (Å²) in [7, 11) is 1.78. The lowest BCUT2D eigenvalue weighted by Gasteiger charge is -2.16. The second-order valence-electron chi connectivity index (χ2n) is 4.83. The Hall–Kier alpha value is -1.89. The van der Waals surface area contributed by atoms with Crippen LogP contribution in [0.5, 0.6) is 0 Å². The number of thioether (sulfide) groups is 1. The molecule has 1 N–H and O–H groups in total. The Balaban J connectivity index is 1.79. The van der Waals surface area contributed by atoms with E-state index >= 15 is 0 Å². The van der Waals surface area contributed by atoms with Crippen molar-refractivity contribution >= 4 is 17.7 Å². The predicted octanol–water partition coefficient (Wildman–Crippen LogP) is 1.88. The molecule has 1 aromatic carbocycles. The molecule has 2 aromatic rings. The van der Waals surface area contributed by atoms with Crippen LogP contribution in [0.2, 0.25) is 0 Å². The Morgan fingerprint density at radius 1 is 1.43 bits per heavy atom. The Bertz CT molecular complexity index is 613. The van der Waals surface area contributed by atoms with Crippen LogP contribution in [0.15, 0.2) is 29.4 Å². The van der Waals surface area contributed by atoms with E-state index in [9.17, 15) is 4.79 Å². The second kappa shape index (κ2) is 7.21. The van der Waals surface area contributed by atoms with Crippen LogP contribution in [0.3, 0.4) is 0 Å². The van der Waals surface area contributed by atoms with E-state index in [-0.39, 0.29) is 11.9 Å². The van der Waals surface area contributed by atoms with Gasteiger partial charge in [0.2, 0.25) is 11.1 Å². The zero-order chi connectivity index (χ0) is 15.2. The van der Waals surface area contributed by atoms with Crippen LogP contribution in [-0.4, -0.2) is 31.9 Å². The van der Waals surface area contributed by atoms with Gasteiger partial charge in [0.15, 0.2) is 0 Å². The topological polar surface area (TPSA) is 72.7 Å². The number of rotatable bonds is 6. The van der Waals surface area contributed by atoms with Gasteiger partial charge in [-0.15, -0.1) is 5.10 Å². The van der Waals surface area contributed by atoms with Gasteiger partial charge in [0.1, 0.15) is 0 Å². The van der Waals surface area contributed by atoms with Crippen molar-refractivity contribution in [2.45, 2.75) is 31.5 Å². The van der Waals surface area contributed by atoms with Crippen molar-refractivity contribution in [1.29, 1.82) is 0 Å². The molecule has 1 atom stereocenters. The van der Waals surface area contributed by atoms with E-state index in [2.05, 4.69) is 33.8 Å². The van der Waals surface area contributed by atoms with Gasteiger partial charge in [-0.05, 0) is 35.4 Å². The maximum Gasteiger partial charge on any atom is 0.221 e. The minimum absolute atomic E-state index is 0.0141. The Kier molecular flexibility index (Phi) is 5.32. The molecule has 0 bridgehead atoms. The minimum atomic E-state index is 0.0141. The first-order chi connectivity index (χ1) is 10.1. The summed E-state index contributed by atoms with van der Waals surface area (Å²) in [5.74, 6) is 0.689. The first-order valence-corrected chi connectivity index (χ1v) is 7.76. The van der Waals surface area contributed by atoms with Gasteiger partial charge in [0.05, 0.1) is 6.04 Å². The third kappa shape index (κ3) is 4.29. The highest BCUT2D eigenvalue weighted by Gasteiger charge is 2.12. The molecule has 0 aliphatic rings. The van der Waals surface area contributed by atoms with Crippen molar-refractivity contribution in [3.05, 3.63) is 35.4 Å². The molecule has 0 spiro atoms. The molecular formula is C14H19N5OS. The normalized spacial score (nSPS) is 12.1. The summed E-state index contributed by atoms with van der Waals surface area (Å²) in [6.07, 6.45) is 0.438. The number of hydrogen-bond donors (Lipinski definition) is 1. The molecule has 0 radical (unpaired) electrons. The number of tetrazole rings is 1. The maximum atomic E-state index is 12.0. The van der Waals surface area contributed by atoms with Crippen LogP contribution in [0.25, 0.3) is 0 Å². The third-order valence-corrected chi connectivity index (χ3v) is 4.19. The van der Waals surface area contributed by atoms with E-state index in [1.165, 1.54) is 17.3 Å². The summed E-state index contributed by atoms with van der Waals surface area (Å²) >= 11 is 1.47. The Morgan fingerprint density at radius 2 is 2.19 bits per heavy atom. The first kappa shape index (κ1) is 15.5. The zero-order valence-electron chi connectivity index (χ0n) is 12.4. The smallest absolute Gasteiger partial charge is 0.221 e. The van der Waals surface area contributed by atoms with Crippen molar-refractivity contribution in [3.63, 3.8) is 0 Å². The molecule has 112 valence electrons. The average molecular weight is 305 g/mol. The number of aromatic nitrogens is 4. The fourth-order valence-corrected chi connectivity index (χ4v) is 2.83. The Labute approximate surface area is 128 Å².